The summed E-state index contributed by atoms with van der Waals surface area (Å²) in [6.07, 6.45) is 6.79. The molecule has 1 aliphatic rings. The number of aliphatic carboxylic acids is 1. The van der Waals surface area contributed by atoms with Crippen molar-refractivity contribution < 1.29 is 34.1 Å². The van der Waals surface area contributed by atoms with Crippen LogP contribution in [0, 0.1) is 5.92 Å². The number of nitrogens with one attached hydrogen (secondary N) is 2. The van der Waals surface area contributed by atoms with Crippen LogP contribution in [-0.4, -0.2) is 60.9 Å². The molecular formula is C24H36N2O7. The lowest BCUT2D eigenvalue weighted by Gasteiger charge is -2.27. The molecule has 1 aromatic carbocycles. The van der Waals surface area contributed by atoms with E-state index in [9.17, 15) is 24.6 Å². The van der Waals surface area contributed by atoms with Gasteiger partial charge in [-0.15, -0.1) is 0 Å². The van der Waals surface area contributed by atoms with Crippen LogP contribution in [0.15, 0.2) is 18.2 Å². The first-order chi connectivity index (χ1) is 15.8. The number of methoxy groups -OCH3 is 2. The fraction of sp³-hybridized carbons (Fsp3) is 0.625. The Balaban J connectivity index is 1.91. The number of esters is 1. The van der Waals surface area contributed by atoms with Gasteiger partial charge in [0, 0.05) is 0 Å². The van der Waals surface area contributed by atoms with Gasteiger partial charge in [0.15, 0.2) is 11.5 Å². The second-order valence-electron chi connectivity index (χ2n) is 8.54. The molecule has 0 bridgehead atoms. The monoisotopic (exact) mass is 464 g/mol. The van der Waals surface area contributed by atoms with E-state index >= 15 is 0 Å². The fourth-order valence-electron chi connectivity index (χ4n) is 4.28. The van der Waals surface area contributed by atoms with Gasteiger partial charge in [-0.25, -0.2) is 4.79 Å². The lowest BCUT2D eigenvalue weighted by molar-refractivity contribution is -0.146. The Labute approximate surface area is 194 Å². The summed E-state index contributed by atoms with van der Waals surface area (Å²) in [5, 5.41) is 24.8. The normalized spacial score (nSPS) is 15.9. The summed E-state index contributed by atoms with van der Waals surface area (Å²) < 4.78 is 9.90. The van der Waals surface area contributed by atoms with Gasteiger partial charge in [-0.05, 0) is 49.4 Å². The number of benzene rings is 1. The number of aryl methyl sites for hydroxylation is 1. The minimum atomic E-state index is -1.11. The Hall–Kier alpha value is -2.81. The summed E-state index contributed by atoms with van der Waals surface area (Å²) >= 11 is 0. The number of phenols is 1. The number of carbonyl (C=O) groups excluding carboxylic acids is 2. The van der Waals surface area contributed by atoms with Gasteiger partial charge in [-0.3, -0.25) is 9.59 Å². The predicted octanol–water partition coefficient (Wildman–Crippen LogP) is 2.39. The molecule has 33 heavy (non-hydrogen) atoms. The molecule has 4 N–H and O–H groups in total. The van der Waals surface area contributed by atoms with Crippen LogP contribution in [0.2, 0.25) is 0 Å². The Bertz CT molecular complexity index is 793. The Morgan fingerprint density at radius 2 is 1.85 bits per heavy atom. The second-order valence-corrected chi connectivity index (χ2v) is 8.54. The minimum absolute atomic E-state index is 0.0536. The topological polar surface area (TPSA) is 134 Å². The molecule has 184 valence electrons. The first-order valence-corrected chi connectivity index (χ1v) is 11.5. The van der Waals surface area contributed by atoms with E-state index < -0.39 is 36.4 Å². The molecule has 9 heteroatoms. The van der Waals surface area contributed by atoms with Crippen LogP contribution in [0.5, 0.6) is 11.5 Å². The molecule has 1 aromatic rings. The largest absolute Gasteiger partial charge is 0.504 e. The van der Waals surface area contributed by atoms with Crippen molar-refractivity contribution in [3.8, 4) is 11.5 Å². The maximum Gasteiger partial charge on any atom is 0.328 e. The van der Waals surface area contributed by atoms with Crippen molar-refractivity contribution in [3.05, 3.63) is 23.8 Å². The standard InChI is InChI=1S/C24H36N2O7/c1-32-21-11-10-17(14-20(21)27)9-6-12-25-18(15-22(28)29)23(30)26-19(24(31)33-2)13-16-7-4-3-5-8-16/h10-11,14,16,18-19,25,27H,3-9,12-13,15H2,1-2H3,(H,26,30)(H,28,29)/t18-,19-/m1/s1. The summed E-state index contributed by atoms with van der Waals surface area (Å²) in [7, 11) is 2.76. The lowest BCUT2D eigenvalue weighted by Crippen LogP contribution is -2.52. The Morgan fingerprint density at radius 3 is 2.45 bits per heavy atom. The van der Waals surface area contributed by atoms with Gasteiger partial charge in [0.25, 0.3) is 0 Å². The SMILES string of the molecule is COC(=O)[C@@H](CC1CCCCC1)NC(=O)[C@@H](CC(=O)O)NCCCc1ccc(OC)c(O)c1. The highest BCUT2D eigenvalue weighted by molar-refractivity contribution is 5.90. The van der Waals surface area contributed by atoms with Crippen molar-refractivity contribution in [1.82, 2.24) is 10.6 Å². The third-order valence-electron chi connectivity index (χ3n) is 6.07. The van der Waals surface area contributed by atoms with Gasteiger partial charge in [-0.2, -0.15) is 0 Å². The number of carboxylic acid groups (broad SMARTS) is 1. The van der Waals surface area contributed by atoms with Crippen molar-refractivity contribution in [2.24, 2.45) is 5.92 Å². The van der Waals surface area contributed by atoms with Crippen LogP contribution in [0.25, 0.3) is 0 Å². The van der Waals surface area contributed by atoms with Crippen LogP contribution in [0.3, 0.4) is 0 Å². The molecule has 0 saturated heterocycles. The zero-order valence-electron chi connectivity index (χ0n) is 19.5. The molecule has 1 amide bonds. The van der Waals surface area contributed by atoms with Gasteiger partial charge >= 0.3 is 11.9 Å². The second kappa shape index (κ2) is 13.7. The summed E-state index contributed by atoms with van der Waals surface area (Å²) in [5.41, 5.74) is 0.896. The van der Waals surface area contributed by atoms with E-state index in [0.717, 1.165) is 31.2 Å². The van der Waals surface area contributed by atoms with Crippen LogP contribution in [0.4, 0.5) is 0 Å². The first-order valence-electron chi connectivity index (χ1n) is 11.5. The molecule has 0 unspecified atom stereocenters. The Kier molecular flexibility index (Phi) is 11.0. The number of carbonyl (C=O) groups is 3. The Morgan fingerprint density at radius 1 is 1.12 bits per heavy atom. The highest BCUT2D eigenvalue weighted by Crippen LogP contribution is 2.28. The molecule has 0 radical (unpaired) electrons. The van der Waals surface area contributed by atoms with E-state index in [-0.39, 0.29) is 5.75 Å². The van der Waals surface area contributed by atoms with Crippen molar-refractivity contribution in [3.63, 3.8) is 0 Å². The quantitative estimate of drug-likeness (QED) is 0.258. The molecule has 2 rings (SSSR count). The van der Waals surface area contributed by atoms with Crippen LogP contribution in [-0.2, 0) is 25.5 Å². The molecule has 0 aliphatic heterocycles. The first kappa shape index (κ1) is 26.4. The molecule has 2 atom stereocenters. The van der Waals surface area contributed by atoms with Crippen LogP contribution < -0.4 is 15.4 Å². The highest BCUT2D eigenvalue weighted by atomic mass is 16.5. The van der Waals surface area contributed by atoms with Crippen LogP contribution >= 0.6 is 0 Å². The molecule has 0 aromatic heterocycles. The van der Waals surface area contributed by atoms with E-state index in [2.05, 4.69) is 10.6 Å². The number of carboxylic acids is 1. The maximum atomic E-state index is 12.8. The number of hydrogen-bond donors (Lipinski definition) is 4. The van der Waals surface area contributed by atoms with E-state index in [1.54, 1.807) is 12.1 Å². The minimum Gasteiger partial charge on any atom is -0.504 e. The van der Waals surface area contributed by atoms with Crippen molar-refractivity contribution in [2.75, 3.05) is 20.8 Å². The van der Waals surface area contributed by atoms with Crippen molar-refractivity contribution in [2.45, 2.75) is 69.9 Å². The third-order valence-corrected chi connectivity index (χ3v) is 6.07. The van der Waals surface area contributed by atoms with Crippen molar-refractivity contribution >= 4 is 17.8 Å². The van der Waals surface area contributed by atoms with Gasteiger partial charge in [0.05, 0.1) is 26.7 Å². The smallest absolute Gasteiger partial charge is 0.328 e. The van der Waals surface area contributed by atoms with Crippen LogP contribution in [0.1, 0.15) is 56.9 Å². The number of hydrogen-bond acceptors (Lipinski definition) is 7. The zero-order valence-corrected chi connectivity index (χ0v) is 19.5. The molecule has 9 nitrogen and oxygen atoms in total. The molecule has 0 heterocycles. The summed E-state index contributed by atoms with van der Waals surface area (Å²) in [4.78, 5) is 36.4. The summed E-state index contributed by atoms with van der Waals surface area (Å²) in [6.45, 7) is 0.393. The fourth-order valence-corrected chi connectivity index (χ4v) is 4.28. The molecular weight excluding hydrogens is 428 g/mol. The number of phenolic OH excluding ortho intramolecular Hbond substituents is 1. The van der Waals surface area contributed by atoms with Gasteiger partial charge in [0.2, 0.25) is 5.91 Å². The van der Waals surface area contributed by atoms with Crippen molar-refractivity contribution in [1.29, 1.82) is 0 Å². The van der Waals surface area contributed by atoms with Gasteiger partial charge in [0.1, 0.15) is 6.04 Å². The number of aromatic hydroxyl groups is 1. The van der Waals surface area contributed by atoms with E-state index in [0.29, 0.717) is 37.5 Å². The molecule has 1 saturated carbocycles. The van der Waals surface area contributed by atoms with Gasteiger partial charge in [-0.1, -0.05) is 38.2 Å². The molecule has 1 fully saturated rings. The highest BCUT2D eigenvalue weighted by Gasteiger charge is 2.30. The number of amides is 1. The van der Waals surface area contributed by atoms with E-state index in [1.165, 1.54) is 20.6 Å². The number of ether oxygens (including phenoxy) is 2. The third kappa shape index (κ3) is 8.92. The predicted molar refractivity (Wildman–Crippen MR) is 122 cm³/mol. The number of rotatable bonds is 13. The molecule has 1 aliphatic carbocycles. The average molecular weight is 465 g/mol. The van der Waals surface area contributed by atoms with E-state index in [1.807, 2.05) is 6.07 Å². The zero-order chi connectivity index (χ0) is 24.2. The summed E-state index contributed by atoms with van der Waals surface area (Å²) in [5.74, 6) is -1.35. The average Bonchev–Trinajstić information content (AvgIpc) is 2.80. The van der Waals surface area contributed by atoms with Gasteiger partial charge < -0.3 is 30.3 Å². The lowest BCUT2D eigenvalue weighted by atomic mass is 9.84. The summed E-state index contributed by atoms with van der Waals surface area (Å²) in [6, 6.07) is 3.38. The van der Waals surface area contributed by atoms with E-state index in [4.69, 9.17) is 9.47 Å². The maximum absolute atomic E-state index is 12.8. The molecule has 0 spiro atoms.